The van der Waals surface area contributed by atoms with E-state index in [1.54, 1.807) is 13.0 Å². The lowest BCUT2D eigenvalue weighted by molar-refractivity contribution is 0.0944. The molecule has 1 amide bonds. The molecule has 1 aliphatic heterocycles. The molecule has 2 aromatic rings. The molecule has 1 aromatic carbocycles. The van der Waals surface area contributed by atoms with E-state index in [2.05, 4.69) is 51.4 Å². The van der Waals surface area contributed by atoms with Crippen LogP contribution >= 0.6 is 0 Å². The van der Waals surface area contributed by atoms with E-state index in [4.69, 9.17) is 0 Å². The first-order chi connectivity index (χ1) is 12.0. The van der Waals surface area contributed by atoms with Crippen molar-refractivity contribution in [3.05, 3.63) is 58.7 Å². The molecule has 0 saturated carbocycles. The Morgan fingerprint density at radius 3 is 2.80 bits per heavy atom. The molecule has 0 aliphatic carbocycles. The van der Waals surface area contributed by atoms with Crippen LogP contribution in [0.3, 0.4) is 0 Å². The van der Waals surface area contributed by atoms with Crippen molar-refractivity contribution >= 4 is 5.91 Å². The van der Waals surface area contributed by atoms with Crippen LogP contribution in [-0.4, -0.2) is 47.0 Å². The maximum atomic E-state index is 12.2. The van der Waals surface area contributed by atoms with Crippen molar-refractivity contribution in [3.8, 4) is 0 Å². The van der Waals surface area contributed by atoms with Gasteiger partial charge in [-0.3, -0.25) is 4.79 Å². The largest absolute Gasteiger partial charge is 0.349 e. The lowest BCUT2D eigenvalue weighted by atomic mass is 9.94. The van der Waals surface area contributed by atoms with E-state index in [0.29, 0.717) is 24.0 Å². The highest BCUT2D eigenvalue weighted by molar-refractivity contribution is 5.92. The number of likely N-dealkylation sites (tertiary alicyclic amines) is 1. The van der Waals surface area contributed by atoms with Crippen molar-refractivity contribution in [1.29, 1.82) is 0 Å². The van der Waals surface area contributed by atoms with Crippen LogP contribution < -0.4 is 5.32 Å². The molecule has 132 valence electrons. The number of aromatic nitrogens is 2. The molecule has 5 heteroatoms. The minimum atomic E-state index is -0.122. The first kappa shape index (κ1) is 17.5. The van der Waals surface area contributed by atoms with E-state index < -0.39 is 0 Å². The highest BCUT2D eigenvalue weighted by atomic mass is 16.1. The monoisotopic (exact) mass is 338 g/mol. The van der Waals surface area contributed by atoms with Crippen molar-refractivity contribution in [2.24, 2.45) is 0 Å². The Hall–Kier alpha value is -2.27. The third kappa shape index (κ3) is 4.42. The Kier molecular flexibility index (Phi) is 5.43. The first-order valence-corrected chi connectivity index (χ1v) is 8.91. The average molecular weight is 338 g/mol. The van der Waals surface area contributed by atoms with Gasteiger partial charge in [0.15, 0.2) is 0 Å². The predicted molar refractivity (Wildman–Crippen MR) is 98.8 cm³/mol. The van der Waals surface area contributed by atoms with Crippen LogP contribution in [0.2, 0.25) is 0 Å². The summed E-state index contributed by atoms with van der Waals surface area (Å²) in [5, 5.41) is 2.98. The Labute approximate surface area is 149 Å². The molecule has 0 radical (unpaired) electrons. The summed E-state index contributed by atoms with van der Waals surface area (Å²) in [6, 6.07) is 10.4. The first-order valence-electron chi connectivity index (χ1n) is 8.91. The summed E-state index contributed by atoms with van der Waals surface area (Å²) < 4.78 is 0. The zero-order valence-electron chi connectivity index (χ0n) is 15.2. The van der Waals surface area contributed by atoms with Crippen LogP contribution in [-0.2, 0) is 0 Å². The predicted octanol–water partition coefficient (Wildman–Crippen LogP) is 2.62. The van der Waals surface area contributed by atoms with Gasteiger partial charge in [0, 0.05) is 25.3 Å². The topological polar surface area (TPSA) is 58.1 Å². The van der Waals surface area contributed by atoms with E-state index in [1.165, 1.54) is 17.5 Å². The third-order valence-corrected chi connectivity index (χ3v) is 4.81. The van der Waals surface area contributed by atoms with Crippen molar-refractivity contribution in [3.63, 3.8) is 0 Å². The van der Waals surface area contributed by atoms with Gasteiger partial charge in [0.2, 0.25) is 0 Å². The number of aryl methyl sites for hydroxylation is 3. The van der Waals surface area contributed by atoms with Gasteiger partial charge in [0.25, 0.3) is 5.91 Å². The van der Waals surface area contributed by atoms with Gasteiger partial charge in [-0.1, -0.05) is 24.3 Å². The van der Waals surface area contributed by atoms with Crippen molar-refractivity contribution in [2.75, 3.05) is 26.2 Å². The van der Waals surface area contributed by atoms with Crippen molar-refractivity contribution < 1.29 is 4.79 Å². The minimum Gasteiger partial charge on any atom is -0.349 e. The molecule has 1 N–H and O–H groups in total. The minimum absolute atomic E-state index is 0.122. The maximum Gasteiger partial charge on any atom is 0.270 e. The van der Waals surface area contributed by atoms with E-state index in [1.807, 2.05) is 6.92 Å². The molecule has 1 atom stereocenters. The number of carbonyl (C=O) groups is 1. The fourth-order valence-electron chi connectivity index (χ4n) is 3.59. The van der Waals surface area contributed by atoms with Crippen LogP contribution in [0.15, 0.2) is 30.3 Å². The molecule has 0 bridgehead atoms. The van der Waals surface area contributed by atoms with Gasteiger partial charge in [-0.2, -0.15) is 0 Å². The summed E-state index contributed by atoms with van der Waals surface area (Å²) in [5.74, 6) is 1.11. The molecule has 2 heterocycles. The lowest BCUT2D eigenvalue weighted by Crippen LogP contribution is -2.34. The van der Waals surface area contributed by atoms with E-state index >= 15 is 0 Å². The lowest BCUT2D eigenvalue weighted by Gasteiger charge is -2.17. The Bertz CT molecular complexity index is 739. The number of hydrogen-bond acceptors (Lipinski definition) is 4. The summed E-state index contributed by atoms with van der Waals surface area (Å²) in [4.78, 5) is 23.1. The van der Waals surface area contributed by atoms with Crippen LogP contribution in [0, 0.1) is 20.8 Å². The zero-order valence-corrected chi connectivity index (χ0v) is 15.2. The number of nitrogens with zero attached hydrogens (tertiary/aromatic N) is 3. The molecule has 1 saturated heterocycles. The van der Waals surface area contributed by atoms with Gasteiger partial charge >= 0.3 is 0 Å². The van der Waals surface area contributed by atoms with Gasteiger partial charge < -0.3 is 10.2 Å². The molecule has 5 nitrogen and oxygen atoms in total. The quantitative estimate of drug-likeness (QED) is 0.910. The average Bonchev–Trinajstić information content (AvgIpc) is 3.03. The number of hydrogen-bond donors (Lipinski definition) is 1. The molecule has 3 rings (SSSR count). The number of carbonyl (C=O) groups excluding carboxylic acids is 1. The van der Waals surface area contributed by atoms with Crippen LogP contribution in [0.5, 0.6) is 0 Å². The summed E-state index contributed by atoms with van der Waals surface area (Å²) >= 11 is 0. The van der Waals surface area contributed by atoms with Gasteiger partial charge in [-0.05, 0) is 56.8 Å². The Morgan fingerprint density at radius 1 is 1.24 bits per heavy atom. The van der Waals surface area contributed by atoms with Crippen LogP contribution in [0.1, 0.15) is 45.5 Å². The summed E-state index contributed by atoms with van der Waals surface area (Å²) in [6.07, 6.45) is 1.18. The standard InChI is InChI=1S/C20H26N4O/c1-14-6-4-5-7-18(14)17-8-10-24(13-17)11-9-21-20(25)19-12-15(2)22-16(3)23-19/h4-7,12,17H,8-11,13H2,1-3H3,(H,21,25)/t17-/m1/s1. The molecule has 0 unspecified atom stereocenters. The van der Waals surface area contributed by atoms with Gasteiger partial charge in [0.05, 0.1) is 0 Å². The molecule has 1 aliphatic rings. The van der Waals surface area contributed by atoms with E-state index in [9.17, 15) is 4.79 Å². The molecule has 1 fully saturated rings. The van der Waals surface area contributed by atoms with E-state index in [-0.39, 0.29) is 5.91 Å². The fourth-order valence-corrected chi connectivity index (χ4v) is 3.59. The maximum absolute atomic E-state index is 12.2. The normalized spacial score (nSPS) is 17.6. The summed E-state index contributed by atoms with van der Waals surface area (Å²) in [5.41, 5.74) is 4.10. The van der Waals surface area contributed by atoms with Crippen molar-refractivity contribution in [2.45, 2.75) is 33.1 Å². The van der Waals surface area contributed by atoms with E-state index in [0.717, 1.165) is 25.3 Å². The van der Waals surface area contributed by atoms with Gasteiger partial charge in [0.1, 0.15) is 11.5 Å². The van der Waals surface area contributed by atoms with Gasteiger partial charge in [-0.15, -0.1) is 0 Å². The number of nitrogens with one attached hydrogen (secondary N) is 1. The van der Waals surface area contributed by atoms with Gasteiger partial charge in [-0.25, -0.2) is 9.97 Å². The Morgan fingerprint density at radius 2 is 2.04 bits per heavy atom. The van der Waals surface area contributed by atoms with Crippen LogP contribution in [0.4, 0.5) is 0 Å². The highest BCUT2D eigenvalue weighted by Gasteiger charge is 2.24. The number of amides is 1. The SMILES string of the molecule is Cc1cc(C(=O)NCCN2CC[C@@H](c3ccccc3C)C2)nc(C)n1. The summed E-state index contributed by atoms with van der Waals surface area (Å²) in [7, 11) is 0. The molecular weight excluding hydrogens is 312 g/mol. The third-order valence-electron chi connectivity index (χ3n) is 4.81. The second-order valence-corrected chi connectivity index (χ2v) is 6.84. The van der Waals surface area contributed by atoms with Crippen molar-refractivity contribution in [1.82, 2.24) is 20.2 Å². The second kappa shape index (κ2) is 7.74. The molecule has 25 heavy (non-hydrogen) atoms. The second-order valence-electron chi connectivity index (χ2n) is 6.84. The smallest absolute Gasteiger partial charge is 0.270 e. The molecule has 1 aromatic heterocycles. The number of benzene rings is 1. The highest BCUT2D eigenvalue weighted by Crippen LogP contribution is 2.28. The summed E-state index contributed by atoms with van der Waals surface area (Å²) in [6.45, 7) is 9.52. The fraction of sp³-hybridized carbons (Fsp3) is 0.450. The molecular formula is C20H26N4O. The molecule has 0 spiro atoms. The number of rotatable bonds is 5. The van der Waals surface area contributed by atoms with Crippen LogP contribution in [0.25, 0.3) is 0 Å². The zero-order chi connectivity index (χ0) is 17.8. The Balaban J connectivity index is 1.48.